The Kier molecular flexibility index (Phi) is 7.17. The number of carbonyl (C=O) groups excluding carboxylic acids is 1. The molecule has 0 radical (unpaired) electrons. The third-order valence-electron chi connectivity index (χ3n) is 6.34. The van der Waals surface area contributed by atoms with Crippen LogP contribution in [0.25, 0.3) is 0 Å². The predicted octanol–water partition coefficient (Wildman–Crippen LogP) is 5.65. The summed E-state index contributed by atoms with van der Waals surface area (Å²) < 4.78 is 121. The molecule has 4 rings (SSSR count). The van der Waals surface area contributed by atoms with Gasteiger partial charge in [-0.15, -0.1) is 0 Å². The minimum atomic E-state index is -5.23. The zero-order chi connectivity index (χ0) is 29.2. The van der Waals surface area contributed by atoms with Gasteiger partial charge in [0, 0.05) is 18.2 Å². The minimum absolute atomic E-state index is 0.0777. The van der Waals surface area contributed by atoms with Gasteiger partial charge in [0.25, 0.3) is 5.60 Å². The third-order valence-corrected chi connectivity index (χ3v) is 7.92. The van der Waals surface area contributed by atoms with Gasteiger partial charge in [-0.3, -0.25) is 4.79 Å². The average Bonchev–Trinajstić information content (AvgIpc) is 3.24. The summed E-state index contributed by atoms with van der Waals surface area (Å²) in [5.41, 5.74) is -7.96. The zero-order valence-electron chi connectivity index (χ0n) is 19.6. The van der Waals surface area contributed by atoms with Gasteiger partial charge >= 0.3 is 12.4 Å². The average molecular weight is 621 g/mol. The van der Waals surface area contributed by atoms with Gasteiger partial charge in [0.05, 0.1) is 34.4 Å². The highest BCUT2D eigenvalue weighted by Gasteiger charge is 2.63. The van der Waals surface area contributed by atoms with E-state index < -0.39 is 85.8 Å². The lowest BCUT2D eigenvalue weighted by Crippen LogP contribution is -2.59. The van der Waals surface area contributed by atoms with Gasteiger partial charge in [0.1, 0.15) is 5.75 Å². The second kappa shape index (κ2) is 9.51. The van der Waals surface area contributed by atoms with Crippen LogP contribution in [0, 0.1) is 0 Å². The Bertz CT molecular complexity index is 1450. The summed E-state index contributed by atoms with van der Waals surface area (Å²) in [6.45, 7) is -0.832. The molecule has 39 heavy (non-hydrogen) atoms. The number of carbonyl (C=O) groups is 1. The number of alkyl halides is 7. The molecule has 212 valence electrons. The van der Waals surface area contributed by atoms with E-state index in [2.05, 4.69) is 5.16 Å². The molecule has 1 fully saturated rings. The van der Waals surface area contributed by atoms with Gasteiger partial charge in [-0.05, 0) is 23.3 Å². The monoisotopic (exact) mass is 620 g/mol. The summed E-state index contributed by atoms with van der Waals surface area (Å²) in [5, 5.41) is 1.75. The summed E-state index contributed by atoms with van der Waals surface area (Å²) >= 11 is 11.3. The molecule has 0 aromatic heterocycles. The lowest BCUT2D eigenvalue weighted by atomic mass is 9.84. The molecular formula is C23H17Cl2F7N2O4S. The van der Waals surface area contributed by atoms with E-state index in [1.807, 2.05) is 0 Å². The number of nitrogens with zero attached hydrogens (tertiary/aromatic N) is 2. The maximum Gasteiger partial charge on any atom is 0.435 e. The number of sulfone groups is 1. The smallest absolute Gasteiger partial charge is 0.374 e. The van der Waals surface area contributed by atoms with Crippen LogP contribution >= 0.6 is 23.2 Å². The van der Waals surface area contributed by atoms with E-state index in [0.29, 0.717) is 6.07 Å². The molecule has 0 bridgehead atoms. The Morgan fingerprint density at radius 1 is 1.05 bits per heavy atom. The summed E-state index contributed by atoms with van der Waals surface area (Å²) in [6.07, 6.45) is -10.5. The first-order valence-corrected chi connectivity index (χ1v) is 13.7. The van der Waals surface area contributed by atoms with Crippen LogP contribution in [0.1, 0.15) is 28.7 Å². The molecule has 6 nitrogen and oxygen atoms in total. The molecule has 16 heteroatoms. The van der Waals surface area contributed by atoms with Crippen LogP contribution in [0.5, 0.6) is 0 Å². The topological polar surface area (TPSA) is 76.0 Å². The second-order valence-corrected chi connectivity index (χ2v) is 12.2. The molecule has 1 atom stereocenters. The zero-order valence-corrected chi connectivity index (χ0v) is 22.0. The SMILES string of the molecule is CS(=O)(=O)CC(=O)N1CC(F)(c2ccc(C3=NOC(c4cc(Cl)c(Cl)c(C(F)(F)F)c4)(C(F)(F)F)C3)cc2)C1. The van der Waals surface area contributed by atoms with E-state index in [4.69, 9.17) is 28.0 Å². The Hall–Kier alpha value is -2.58. The molecule has 0 N–H and O–H groups in total. The molecule has 0 aliphatic carbocycles. The predicted molar refractivity (Wildman–Crippen MR) is 127 cm³/mol. The van der Waals surface area contributed by atoms with E-state index in [0.717, 1.165) is 11.2 Å². The van der Waals surface area contributed by atoms with E-state index in [-0.39, 0.29) is 22.9 Å². The van der Waals surface area contributed by atoms with Crippen LogP contribution in [0.4, 0.5) is 30.7 Å². The van der Waals surface area contributed by atoms with Gasteiger partial charge in [-0.1, -0.05) is 52.6 Å². The van der Waals surface area contributed by atoms with Gasteiger partial charge in [-0.25, -0.2) is 12.8 Å². The maximum absolute atomic E-state index is 15.2. The number of oxime groups is 1. The van der Waals surface area contributed by atoms with E-state index in [1.165, 1.54) is 24.3 Å². The van der Waals surface area contributed by atoms with Gasteiger partial charge in [-0.2, -0.15) is 26.3 Å². The van der Waals surface area contributed by atoms with Crippen LogP contribution in [0.2, 0.25) is 10.0 Å². The quantitative estimate of drug-likeness (QED) is 0.405. The third kappa shape index (κ3) is 5.55. The van der Waals surface area contributed by atoms with E-state index in [1.54, 1.807) is 0 Å². The molecule has 1 amide bonds. The van der Waals surface area contributed by atoms with Crippen molar-refractivity contribution < 1.29 is 48.8 Å². The molecular weight excluding hydrogens is 604 g/mol. The van der Waals surface area contributed by atoms with Gasteiger partial charge < -0.3 is 9.74 Å². The highest BCUT2D eigenvalue weighted by molar-refractivity contribution is 7.91. The number of hydrogen-bond donors (Lipinski definition) is 0. The number of likely N-dealkylation sites (tertiary alicyclic amines) is 1. The Labute approximate surface area is 227 Å². The minimum Gasteiger partial charge on any atom is -0.374 e. The second-order valence-electron chi connectivity index (χ2n) is 9.31. The molecule has 2 heterocycles. The first-order valence-electron chi connectivity index (χ1n) is 10.9. The van der Waals surface area contributed by atoms with Gasteiger partial charge in [0.2, 0.25) is 5.91 Å². The first kappa shape index (κ1) is 29.4. The lowest BCUT2D eigenvalue weighted by Gasteiger charge is -2.44. The summed E-state index contributed by atoms with van der Waals surface area (Å²) in [4.78, 5) is 17.7. The number of halogens is 9. The highest BCUT2D eigenvalue weighted by atomic mass is 35.5. The Morgan fingerprint density at radius 2 is 1.64 bits per heavy atom. The standard InChI is InChI=1S/C23H17Cl2F7N2O4S/c1-39(36,37)9-18(35)34-10-20(26,11-34)13-4-2-12(3-5-13)17-8-21(38-33-17,23(30,31)32)14-6-15(22(27,28)29)19(25)16(24)7-14/h2-7H,8-11H2,1H3. The van der Waals surface area contributed by atoms with Crippen molar-refractivity contribution in [2.75, 3.05) is 25.1 Å². The van der Waals surface area contributed by atoms with Crippen molar-refractivity contribution in [1.29, 1.82) is 0 Å². The normalized spacial score (nSPS) is 21.3. The first-order chi connectivity index (χ1) is 17.8. The van der Waals surface area contributed by atoms with Gasteiger partial charge in [0.15, 0.2) is 15.5 Å². The van der Waals surface area contributed by atoms with Crippen LogP contribution in [0.15, 0.2) is 41.6 Å². The molecule has 0 saturated carbocycles. The van der Waals surface area contributed by atoms with E-state index >= 15 is 4.39 Å². The Balaban J connectivity index is 1.57. The summed E-state index contributed by atoms with van der Waals surface area (Å²) in [7, 11) is -3.60. The fourth-order valence-electron chi connectivity index (χ4n) is 4.28. The fraction of sp³-hybridized carbons (Fsp3) is 0.391. The molecule has 2 aromatic carbocycles. The number of rotatable bonds is 5. The fourth-order valence-corrected chi connectivity index (χ4v) is 5.35. The lowest BCUT2D eigenvalue weighted by molar-refractivity contribution is -0.276. The van der Waals surface area contributed by atoms with Crippen LogP contribution in [-0.2, 0) is 36.9 Å². The Morgan fingerprint density at radius 3 is 2.15 bits per heavy atom. The summed E-state index contributed by atoms with van der Waals surface area (Å²) in [6, 6.07) is 5.86. The molecule has 2 aliphatic heterocycles. The largest absolute Gasteiger partial charge is 0.435 e. The molecule has 2 aliphatic rings. The van der Waals surface area contributed by atoms with E-state index in [9.17, 15) is 39.6 Å². The van der Waals surface area contributed by atoms with Crippen LogP contribution in [-0.4, -0.2) is 56.2 Å². The molecule has 0 spiro atoms. The van der Waals surface area contributed by atoms with Crippen molar-refractivity contribution in [1.82, 2.24) is 4.90 Å². The number of benzene rings is 2. The highest BCUT2D eigenvalue weighted by Crippen LogP contribution is 2.51. The number of amides is 1. The van der Waals surface area contributed by atoms with Crippen LogP contribution in [0.3, 0.4) is 0 Å². The van der Waals surface area contributed by atoms with Crippen molar-refractivity contribution >= 4 is 44.7 Å². The molecule has 1 saturated heterocycles. The number of hydrogen-bond acceptors (Lipinski definition) is 5. The summed E-state index contributed by atoms with van der Waals surface area (Å²) in [5.74, 6) is -1.54. The van der Waals surface area contributed by atoms with Crippen LogP contribution < -0.4 is 0 Å². The molecule has 1 unspecified atom stereocenters. The molecule has 2 aromatic rings. The maximum atomic E-state index is 15.2. The van der Waals surface area contributed by atoms with Crippen molar-refractivity contribution in [2.45, 2.75) is 30.0 Å². The van der Waals surface area contributed by atoms with Crippen molar-refractivity contribution in [3.05, 3.63) is 68.7 Å². The van der Waals surface area contributed by atoms with Crippen molar-refractivity contribution in [3.8, 4) is 0 Å². The van der Waals surface area contributed by atoms with Crippen molar-refractivity contribution in [2.24, 2.45) is 5.16 Å². The van der Waals surface area contributed by atoms with Crippen molar-refractivity contribution in [3.63, 3.8) is 0 Å².